The van der Waals surface area contributed by atoms with Gasteiger partial charge in [-0.3, -0.25) is 9.35 Å². The molecular weight excluding hydrogens is 396 g/mol. The first-order valence-corrected chi connectivity index (χ1v) is 10.4. The fourth-order valence-electron chi connectivity index (χ4n) is 3.78. The molecule has 4 rings (SSSR count). The Kier molecular flexibility index (Phi) is 4.71. The van der Waals surface area contributed by atoms with Crippen LogP contribution in [0.15, 0.2) is 48.7 Å². The Morgan fingerprint density at radius 2 is 1.76 bits per heavy atom. The molecule has 0 radical (unpaired) electrons. The predicted molar refractivity (Wildman–Crippen MR) is 107 cm³/mol. The number of nitrogens with zero attached hydrogens (tertiary/aromatic N) is 1. The fraction of sp³-hybridized carbons (Fsp3) is 0.250. The molecule has 8 nitrogen and oxygen atoms in total. The molecule has 0 aliphatic carbocycles. The average Bonchev–Trinajstić information content (AvgIpc) is 3.11. The molecule has 2 heterocycles. The van der Waals surface area contributed by atoms with E-state index in [2.05, 4.69) is 5.32 Å². The predicted octanol–water partition coefficient (Wildman–Crippen LogP) is 2.60. The van der Waals surface area contributed by atoms with E-state index in [-0.39, 0.29) is 17.7 Å². The Hall–Kier alpha value is -3.04. The zero-order valence-corrected chi connectivity index (χ0v) is 16.6. The van der Waals surface area contributed by atoms with Gasteiger partial charge in [0.25, 0.3) is 16.0 Å². The van der Waals surface area contributed by atoms with E-state index in [1.165, 1.54) is 31.3 Å². The van der Waals surface area contributed by atoms with Gasteiger partial charge >= 0.3 is 0 Å². The first-order chi connectivity index (χ1) is 13.8. The highest BCUT2D eigenvalue weighted by Gasteiger charge is 2.45. The first kappa shape index (κ1) is 19.3. The molecule has 0 saturated heterocycles. The normalized spacial score (nSPS) is 20.9. The number of hydrogen-bond acceptors (Lipinski definition) is 6. The van der Waals surface area contributed by atoms with Gasteiger partial charge in [0.15, 0.2) is 16.9 Å². The monoisotopic (exact) mass is 416 g/mol. The molecule has 0 fully saturated rings. The van der Waals surface area contributed by atoms with Crippen molar-refractivity contribution in [2.45, 2.75) is 17.8 Å². The second kappa shape index (κ2) is 7.09. The summed E-state index contributed by atoms with van der Waals surface area (Å²) in [5.74, 6) is 0.286. The molecule has 2 aliphatic heterocycles. The third-order valence-electron chi connectivity index (χ3n) is 5.18. The summed E-state index contributed by atoms with van der Waals surface area (Å²) in [5, 5.41) is 1.43. The van der Waals surface area contributed by atoms with Gasteiger partial charge in [-0.15, -0.1) is 0 Å². The lowest BCUT2D eigenvalue weighted by molar-refractivity contribution is 0.0791. The molecule has 2 atom stereocenters. The molecule has 0 spiro atoms. The van der Waals surface area contributed by atoms with E-state index >= 15 is 0 Å². The lowest BCUT2D eigenvalue weighted by Crippen LogP contribution is -2.46. The zero-order valence-electron chi connectivity index (χ0n) is 15.8. The highest BCUT2D eigenvalue weighted by atomic mass is 32.2. The standard InChI is InChI=1S/C20H20N2O6S/c1-27-17-9-14-15(10-18(17)28-2)21-19(29(24,25)26)16-8-13(11-22(16)20(14)23)12-6-4-3-5-7-12/h3-7,9-11,16,19,21H,8H2,1-2H3,(H,24,25,26)/t16-,19-/m0/s1. The van der Waals surface area contributed by atoms with Crippen molar-refractivity contribution in [3.8, 4) is 11.5 Å². The molecule has 9 heteroatoms. The van der Waals surface area contributed by atoms with Crippen molar-refractivity contribution >= 4 is 27.3 Å². The highest BCUT2D eigenvalue weighted by molar-refractivity contribution is 7.86. The van der Waals surface area contributed by atoms with E-state index in [0.717, 1.165) is 11.1 Å². The van der Waals surface area contributed by atoms with Gasteiger partial charge in [-0.2, -0.15) is 8.42 Å². The summed E-state index contributed by atoms with van der Waals surface area (Å²) in [6.45, 7) is 0. The molecular formula is C20H20N2O6S. The molecule has 29 heavy (non-hydrogen) atoms. The molecule has 1 amide bonds. The number of ether oxygens (including phenoxy) is 2. The van der Waals surface area contributed by atoms with Crippen LogP contribution in [0.25, 0.3) is 5.57 Å². The second-order valence-electron chi connectivity index (χ2n) is 6.84. The molecule has 0 unspecified atom stereocenters. The van der Waals surface area contributed by atoms with E-state index in [0.29, 0.717) is 11.5 Å². The highest BCUT2D eigenvalue weighted by Crippen LogP contribution is 2.41. The average molecular weight is 416 g/mol. The number of amides is 1. The van der Waals surface area contributed by atoms with Crippen LogP contribution in [0.4, 0.5) is 5.69 Å². The number of rotatable bonds is 4. The number of hydrogen-bond donors (Lipinski definition) is 2. The summed E-state index contributed by atoms with van der Waals surface area (Å²) < 4.78 is 44.8. The van der Waals surface area contributed by atoms with Gasteiger partial charge in [0.1, 0.15) is 0 Å². The summed E-state index contributed by atoms with van der Waals surface area (Å²) in [4.78, 5) is 14.7. The van der Waals surface area contributed by atoms with Gasteiger partial charge in [-0.05, 0) is 23.6 Å². The van der Waals surface area contributed by atoms with Gasteiger partial charge in [0.2, 0.25) is 0 Å². The van der Waals surface area contributed by atoms with Crippen molar-refractivity contribution in [1.82, 2.24) is 4.90 Å². The van der Waals surface area contributed by atoms with Gasteiger partial charge < -0.3 is 19.7 Å². The lowest BCUT2D eigenvalue weighted by Gasteiger charge is -2.26. The molecule has 2 aromatic carbocycles. The topological polar surface area (TPSA) is 105 Å². The smallest absolute Gasteiger partial charge is 0.288 e. The van der Waals surface area contributed by atoms with Crippen LogP contribution >= 0.6 is 0 Å². The van der Waals surface area contributed by atoms with Crippen molar-refractivity contribution in [2.24, 2.45) is 0 Å². The van der Waals surface area contributed by atoms with E-state index in [4.69, 9.17) is 9.47 Å². The minimum atomic E-state index is -4.52. The van der Waals surface area contributed by atoms with Gasteiger partial charge in [-0.25, -0.2) is 0 Å². The number of carbonyl (C=O) groups excluding carboxylic acids is 1. The van der Waals surface area contributed by atoms with Crippen LogP contribution in [0.2, 0.25) is 0 Å². The fourth-order valence-corrected chi connectivity index (χ4v) is 4.68. The van der Waals surface area contributed by atoms with Crippen LogP contribution in [0.3, 0.4) is 0 Å². The maximum absolute atomic E-state index is 13.3. The van der Waals surface area contributed by atoms with Crippen LogP contribution in [0.1, 0.15) is 22.3 Å². The van der Waals surface area contributed by atoms with Crippen molar-refractivity contribution < 1.29 is 27.2 Å². The SMILES string of the molecule is COc1cc2c(cc1OC)C(=O)N1C=C(c3ccccc3)C[C@H]1[C@H](S(=O)(=O)O)N2. The molecule has 152 valence electrons. The third-order valence-corrected chi connectivity index (χ3v) is 6.26. The zero-order chi connectivity index (χ0) is 20.8. The molecule has 2 N–H and O–H groups in total. The molecule has 0 aromatic heterocycles. The third kappa shape index (κ3) is 3.32. The number of carbonyl (C=O) groups is 1. The number of fused-ring (bicyclic) bond motifs is 2. The quantitative estimate of drug-likeness (QED) is 0.738. The largest absolute Gasteiger partial charge is 0.493 e. The van der Waals surface area contributed by atoms with E-state index in [9.17, 15) is 17.8 Å². The summed E-state index contributed by atoms with van der Waals surface area (Å²) in [6, 6.07) is 11.6. The van der Waals surface area contributed by atoms with Crippen molar-refractivity contribution in [3.63, 3.8) is 0 Å². The van der Waals surface area contributed by atoms with E-state index in [1.54, 1.807) is 6.20 Å². The number of benzene rings is 2. The Morgan fingerprint density at radius 3 is 2.38 bits per heavy atom. The van der Waals surface area contributed by atoms with Crippen LogP contribution in [-0.2, 0) is 10.1 Å². The molecule has 0 bridgehead atoms. The van der Waals surface area contributed by atoms with Gasteiger partial charge in [-0.1, -0.05) is 30.3 Å². The molecule has 0 saturated carbocycles. The molecule has 2 aromatic rings. The van der Waals surface area contributed by atoms with Crippen LogP contribution in [-0.4, -0.2) is 49.4 Å². The van der Waals surface area contributed by atoms with Gasteiger partial charge in [0, 0.05) is 12.3 Å². The first-order valence-electron chi connectivity index (χ1n) is 8.91. The summed E-state index contributed by atoms with van der Waals surface area (Å²) in [6.07, 6.45) is 1.92. The molecule has 2 aliphatic rings. The Bertz CT molecular complexity index is 1100. The maximum Gasteiger partial charge on any atom is 0.288 e. The Labute approximate surface area is 168 Å². The van der Waals surface area contributed by atoms with Crippen LogP contribution in [0.5, 0.6) is 11.5 Å². The van der Waals surface area contributed by atoms with Crippen molar-refractivity contribution in [1.29, 1.82) is 0 Å². The Balaban J connectivity index is 1.86. The maximum atomic E-state index is 13.3. The summed E-state index contributed by atoms with van der Waals surface area (Å²) in [7, 11) is -1.63. The summed E-state index contributed by atoms with van der Waals surface area (Å²) >= 11 is 0. The van der Waals surface area contributed by atoms with Crippen molar-refractivity contribution in [3.05, 3.63) is 59.8 Å². The summed E-state index contributed by atoms with van der Waals surface area (Å²) in [5.41, 5.74) is 2.17. The minimum Gasteiger partial charge on any atom is -0.493 e. The minimum absolute atomic E-state index is 0.226. The lowest BCUT2D eigenvalue weighted by atomic mass is 10.0. The van der Waals surface area contributed by atoms with E-state index < -0.39 is 27.4 Å². The number of nitrogens with one attached hydrogen (secondary N) is 1. The second-order valence-corrected chi connectivity index (χ2v) is 8.37. The van der Waals surface area contributed by atoms with Gasteiger partial charge in [0.05, 0.1) is 31.5 Å². The Morgan fingerprint density at radius 1 is 1.10 bits per heavy atom. The van der Waals surface area contributed by atoms with Crippen LogP contribution < -0.4 is 14.8 Å². The van der Waals surface area contributed by atoms with Crippen LogP contribution in [0, 0.1) is 0 Å². The number of methoxy groups -OCH3 is 2. The van der Waals surface area contributed by atoms with E-state index in [1.807, 2.05) is 30.3 Å². The number of anilines is 1. The van der Waals surface area contributed by atoms with Crippen molar-refractivity contribution in [2.75, 3.05) is 19.5 Å².